The molecule has 0 aliphatic rings. The molecule has 0 amide bonds. The highest BCUT2D eigenvalue weighted by atomic mass is 35.5. The molecular formula is C18H11ClF2N2OS. The Kier molecular flexibility index (Phi) is 5.40. The van der Waals surface area contributed by atoms with Crippen molar-refractivity contribution in [3.05, 3.63) is 76.9 Å². The number of Topliss-reactive ketones (excluding diaryl/α,β-unsaturated/α-hetero) is 1. The number of hydrogen-bond acceptors (Lipinski definition) is 4. The Labute approximate surface area is 152 Å². The molecule has 2 aromatic carbocycles. The molecule has 0 saturated carbocycles. The van der Waals surface area contributed by atoms with Gasteiger partial charge in [-0.25, -0.2) is 18.7 Å². The second-order valence-electron chi connectivity index (χ2n) is 5.07. The molecule has 25 heavy (non-hydrogen) atoms. The minimum Gasteiger partial charge on any atom is -0.293 e. The number of halogens is 3. The van der Waals surface area contributed by atoms with E-state index in [-0.39, 0.29) is 11.3 Å². The summed E-state index contributed by atoms with van der Waals surface area (Å²) in [4.78, 5) is 20.6. The number of ketones is 1. The Hall–Kier alpha value is -2.31. The van der Waals surface area contributed by atoms with Gasteiger partial charge in [0.15, 0.2) is 10.9 Å². The maximum Gasteiger partial charge on any atom is 0.188 e. The molecule has 0 N–H and O–H groups in total. The summed E-state index contributed by atoms with van der Waals surface area (Å²) in [6.07, 6.45) is 1.59. The number of carbonyl (C=O) groups excluding carboxylic acids is 1. The van der Waals surface area contributed by atoms with Crippen LogP contribution < -0.4 is 0 Å². The van der Waals surface area contributed by atoms with Crippen LogP contribution in [0.25, 0.3) is 11.3 Å². The van der Waals surface area contributed by atoms with E-state index in [1.165, 1.54) is 0 Å². The van der Waals surface area contributed by atoms with Crippen molar-refractivity contribution in [1.29, 1.82) is 0 Å². The molecule has 0 bridgehead atoms. The molecule has 0 unspecified atom stereocenters. The Morgan fingerprint density at radius 1 is 1.08 bits per heavy atom. The minimum absolute atomic E-state index is 0.0490. The summed E-state index contributed by atoms with van der Waals surface area (Å²) >= 11 is 6.96. The van der Waals surface area contributed by atoms with Crippen LogP contribution in [0.2, 0.25) is 5.02 Å². The number of benzene rings is 2. The summed E-state index contributed by atoms with van der Waals surface area (Å²) in [6.45, 7) is 0. The fraction of sp³-hybridized carbons (Fsp3) is 0.0556. The number of carbonyl (C=O) groups is 1. The molecule has 0 aliphatic heterocycles. The van der Waals surface area contributed by atoms with E-state index in [1.807, 2.05) is 12.1 Å². The van der Waals surface area contributed by atoms with Gasteiger partial charge in [0.2, 0.25) is 0 Å². The normalized spacial score (nSPS) is 10.7. The van der Waals surface area contributed by atoms with Gasteiger partial charge in [0.05, 0.1) is 17.0 Å². The predicted octanol–water partition coefficient (Wildman–Crippen LogP) is 5.05. The van der Waals surface area contributed by atoms with Gasteiger partial charge in [-0.05, 0) is 30.3 Å². The van der Waals surface area contributed by atoms with E-state index in [4.69, 9.17) is 11.6 Å². The number of aromatic nitrogens is 2. The van der Waals surface area contributed by atoms with Crippen LogP contribution >= 0.6 is 23.4 Å². The molecular weight excluding hydrogens is 366 g/mol. The van der Waals surface area contributed by atoms with Crippen LogP contribution in [0.3, 0.4) is 0 Å². The fourth-order valence-corrected chi connectivity index (χ4v) is 2.96. The molecule has 0 saturated heterocycles. The molecule has 0 radical (unpaired) electrons. The SMILES string of the molecule is O=C(CSc1nccc(-c2ccc(Cl)cc2)n1)c1ccc(F)cc1F. The first-order valence-electron chi connectivity index (χ1n) is 7.23. The first kappa shape index (κ1) is 17.5. The predicted molar refractivity (Wildman–Crippen MR) is 93.9 cm³/mol. The number of thioether (sulfide) groups is 1. The maximum absolute atomic E-state index is 13.6. The van der Waals surface area contributed by atoms with Crippen LogP contribution in [-0.2, 0) is 0 Å². The molecule has 0 aliphatic carbocycles. The van der Waals surface area contributed by atoms with Gasteiger partial charge in [-0.2, -0.15) is 0 Å². The fourth-order valence-electron chi connectivity index (χ4n) is 2.12. The highest BCUT2D eigenvalue weighted by Gasteiger charge is 2.14. The lowest BCUT2D eigenvalue weighted by molar-refractivity contribution is 0.101. The summed E-state index contributed by atoms with van der Waals surface area (Å²) in [5, 5.41) is 1.02. The molecule has 7 heteroatoms. The smallest absolute Gasteiger partial charge is 0.188 e. The van der Waals surface area contributed by atoms with Gasteiger partial charge < -0.3 is 0 Å². The topological polar surface area (TPSA) is 42.9 Å². The average molecular weight is 377 g/mol. The Morgan fingerprint density at radius 2 is 1.84 bits per heavy atom. The zero-order valence-corrected chi connectivity index (χ0v) is 14.3. The van der Waals surface area contributed by atoms with Crippen LogP contribution in [0.4, 0.5) is 8.78 Å². The van der Waals surface area contributed by atoms with E-state index in [1.54, 1.807) is 24.4 Å². The standard InChI is InChI=1S/C18H11ClF2N2OS/c19-12-3-1-11(2-4-12)16-7-8-22-18(23-16)25-10-17(24)14-6-5-13(20)9-15(14)21/h1-9H,10H2. The highest BCUT2D eigenvalue weighted by Crippen LogP contribution is 2.23. The first-order chi connectivity index (χ1) is 12.0. The van der Waals surface area contributed by atoms with E-state index < -0.39 is 17.4 Å². The second-order valence-corrected chi connectivity index (χ2v) is 6.45. The summed E-state index contributed by atoms with van der Waals surface area (Å²) in [7, 11) is 0. The van der Waals surface area contributed by atoms with Crippen LogP contribution in [0.5, 0.6) is 0 Å². The van der Waals surface area contributed by atoms with Gasteiger partial charge in [0.25, 0.3) is 0 Å². The van der Waals surface area contributed by atoms with E-state index in [9.17, 15) is 13.6 Å². The molecule has 1 heterocycles. The minimum atomic E-state index is -0.874. The van der Waals surface area contributed by atoms with E-state index >= 15 is 0 Å². The molecule has 3 nitrogen and oxygen atoms in total. The van der Waals surface area contributed by atoms with Gasteiger partial charge in [-0.15, -0.1) is 0 Å². The van der Waals surface area contributed by atoms with Crippen molar-refractivity contribution in [1.82, 2.24) is 9.97 Å². The third-order valence-electron chi connectivity index (χ3n) is 3.34. The lowest BCUT2D eigenvalue weighted by atomic mass is 10.1. The van der Waals surface area contributed by atoms with Crippen molar-refractivity contribution in [3.63, 3.8) is 0 Å². The van der Waals surface area contributed by atoms with E-state index in [2.05, 4.69) is 9.97 Å². The lowest BCUT2D eigenvalue weighted by Crippen LogP contribution is -2.06. The van der Waals surface area contributed by atoms with Gasteiger partial charge in [0, 0.05) is 22.8 Å². The molecule has 0 fully saturated rings. The van der Waals surface area contributed by atoms with Crippen LogP contribution in [0.1, 0.15) is 10.4 Å². The van der Waals surface area contributed by atoms with Crippen molar-refractivity contribution in [2.75, 3.05) is 5.75 Å². The Balaban J connectivity index is 1.72. The number of rotatable bonds is 5. The third-order valence-corrected chi connectivity index (χ3v) is 4.45. The maximum atomic E-state index is 13.6. The molecule has 0 spiro atoms. The molecule has 1 aromatic heterocycles. The quantitative estimate of drug-likeness (QED) is 0.355. The van der Waals surface area contributed by atoms with Crippen molar-refractivity contribution < 1.29 is 13.6 Å². The largest absolute Gasteiger partial charge is 0.293 e. The van der Waals surface area contributed by atoms with Gasteiger partial charge in [0.1, 0.15) is 11.6 Å². The molecule has 3 aromatic rings. The lowest BCUT2D eigenvalue weighted by Gasteiger charge is -2.05. The van der Waals surface area contributed by atoms with Crippen LogP contribution in [-0.4, -0.2) is 21.5 Å². The average Bonchev–Trinajstić information content (AvgIpc) is 2.60. The van der Waals surface area contributed by atoms with Gasteiger partial charge >= 0.3 is 0 Å². The summed E-state index contributed by atoms with van der Waals surface area (Å²) < 4.78 is 26.5. The summed E-state index contributed by atoms with van der Waals surface area (Å²) in [5.74, 6) is -2.10. The van der Waals surface area contributed by atoms with Crippen molar-refractivity contribution >= 4 is 29.1 Å². The zero-order valence-electron chi connectivity index (χ0n) is 12.7. The first-order valence-corrected chi connectivity index (χ1v) is 8.59. The van der Waals surface area contributed by atoms with E-state index in [0.29, 0.717) is 21.9 Å². The van der Waals surface area contributed by atoms with Crippen molar-refractivity contribution in [2.45, 2.75) is 5.16 Å². The molecule has 126 valence electrons. The Morgan fingerprint density at radius 3 is 2.56 bits per heavy atom. The summed E-state index contributed by atoms with van der Waals surface area (Å²) in [6, 6.07) is 11.8. The second kappa shape index (κ2) is 7.72. The van der Waals surface area contributed by atoms with Crippen molar-refractivity contribution in [3.8, 4) is 11.3 Å². The zero-order chi connectivity index (χ0) is 17.8. The van der Waals surface area contributed by atoms with Gasteiger partial charge in [-0.3, -0.25) is 4.79 Å². The summed E-state index contributed by atoms with van der Waals surface area (Å²) in [5.41, 5.74) is 1.40. The van der Waals surface area contributed by atoms with E-state index in [0.717, 1.165) is 29.5 Å². The molecule has 0 atom stereocenters. The monoisotopic (exact) mass is 376 g/mol. The van der Waals surface area contributed by atoms with Crippen LogP contribution in [0.15, 0.2) is 59.9 Å². The highest BCUT2D eigenvalue weighted by molar-refractivity contribution is 7.99. The van der Waals surface area contributed by atoms with Crippen LogP contribution in [0, 0.1) is 11.6 Å². The third kappa shape index (κ3) is 4.41. The molecule has 3 rings (SSSR count). The number of nitrogens with zero attached hydrogens (tertiary/aromatic N) is 2. The number of hydrogen-bond donors (Lipinski definition) is 0. The van der Waals surface area contributed by atoms with Gasteiger partial charge in [-0.1, -0.05) is 35.5 Å². The Bertz CT molecular complexity index is 919. The van der Waals surface area contributed by atoms with Crippen molar-refractivity contribution in [2.24, 2.45) is 0 Å².